The van der Waals surface area contributed by atoms with Crippen LogP contribution in [0.2, 0.25) is 0 Å². The lowest BCUT2D eigenvalue weighted by atomic mass is 10.1. The van der Waals surface area contributed by atoms with Crippen LogP contribution in [-0.4, -0.2) is 28.9 Å². The molecule has 0 heterocycles. The van der Waals surface area contributed by atoms with Crippen LogP contribution in [0.1, 0.15) is 40.0 Å². The quantitative estimate of drug-likeness (QED) is 0.709. The summed E-state index contributed by atoms with van der Waals surface area (Å²) in [5.74, 6) is 0.737. The van der Waals surface area contributed by atoms with E-state index in [0.717, 1.165) is 6.42 Å². The number of nitrogens with two attached hydrogens (primary N) is 1. The molecular weight excluding hydrogens is 208 g/mol. The highest BCUT2D eigenvalue weighted by Crippen LogP contribution is 2.09. The molecule has 0 saturated carbocycles. The normalized spacial score (nSPS) is 12.6. The maximum atomic E-state index is 11.7. The highest BCUT2D eigenvalue weighted by molar-refractivity contribution is 7.80. The van der Waals surface area contributed by atoms with Crippen molar-refractivity contribution >= 4 is 23.1 Å². The van der Waals surface area contributed by atoms with Crippen LogP contribution < -0.4 is 5.73 Å². The van der Waals surface area contributed by atoms with Gasteiger partial charge in [-0.15, -0.1) is 0 Å². The lowest BCUT2D eigenvalue weighted by molar-refractivity contribution is -0.131. The van der Waals surface area contributed by atoms with Gasteiger partial charge in [-0.25, -0.2) is 0 Å². The Balaban J connectivity index is 4.01. The Morgan fingerprint density at radius 3 is 2.33 bits per heavy atom. The summed E-state index contributed by atoms with van der Waals surface area (Å²) in [4.78, 5) is 13.9. The van der Waals surface area contributed by atoms with E-state index in [2.05, 4.69) is 13.8 Å². The second-order valence-electron chi connectivity index (χ2n) is 4.46. The molecule has 88 valence electrons. The van der Waals surface area contributed by atoms with E-state index in [-0.39, 0.29) is 11.9 Å². The topological polar surface area (TPSA) is 46.3 Å². The lowest BCUT2D eigenvalue weighted by Gasteiger charge is -2.25. The monoisotopic (exact) mass is 230 g/mol. The van der Waals surface area contributed by atoms with E-state index in [0.29, 0.717) is 23.7 Å². The number of rotatable bonds is 6. The van der Waals surface area contributed by atoms with Crippen molar-refractivity contribution in [1.82, 2.24) is 4.90 Å². The van der Waals surface area contributed by atoms with Gasteiger partial charge in [0.2, 0.25) is 5.91 Å². The van der Waals surface area contributed by atoms with E-state index < -0.39 is 0 Å². The summed E-state index contributed by atoms with van der Waals surface area (Å²) in [6.45, 7) is 6.20. The van der Waals surface area contributed by atoms with E-state index in [4.69, 9.17) is 18.0 Å². The molecule has 1 amide bonds. The maximum Gasteiger partial charge on any atom is 0.222 e. The molecule has 1 unspecified atom stereocenters. The van der Waals surface area contributed by atoms with Crippen LogP contribution in [0.4, 0.5) is 0 Å². The molecule has 4 heteroatoms. The highest BCUT2D eigenvalue weighted by atomic mass is 32.1. The molecule has 0 aliphatic rings. The van der Waals surface area contributed by atoms with Crippen LogP contribution in [-0.2, 0) is 4.79 Å². The van der Waals surface area contributed by atoms with Crippen LogP contribution in [0.5, 0.6) is 0 Å². The van der Waals surface area contributed by atoms with Gasteiger partial charge < -0.3 is 10.6 Å². The smallest absolute Gasteiger partial charge is 0.222 e. The fraction of sp³-hybridized carbons (Fsp3) is 0.818. The molecule has 0 rings (SSSR count). The van der Waals surface area contributed by atoms with E-state index in [1.165, 1.54) is 0 Å². The molecule has 0 aliphatic heterocycles. The van der Waals surface area contributed by atoms with Gasteiger partial charge in [-0.3, -0.25) is 4.79 Å². The van der Waals surface area contributed by atoms with Gasteiger partial charge in [-0.2, -0.15) is 0 Å². The molecule has 2 N–H and O–H groups in total. The molecule has 0 aromatic carbocycles. The number of nitrogens with zero attached hydrogens (tertiary/aromatic N) is 1. The number of hydrogen-bond donors (Lipinski definition) is 1. The Hall–Kier alpha value is -0.640. The third kappa shape index (κ3) is 6.44. The van der Waals surface area contributed by atoms with Crippen molar-refractivity contribution in [3.05, 3.63) is 0 Å². The second kappa shape index (κ2) is 6.77. The third-order valence-corrected chi connectivity index (χ3v) is 2.65. The van der Waals surface area contributed by atoms with E-state index in [1.54, 1.807) is 4.90 Å². The first-order chi connectivity index (χ1) is 6.84. The summed E-state index contributed by atoms with van der Waals surface area (Å²) >= 11 is 4.82. The SMILES string of the molecule is CC(C)CCC(=O)N(C)C(C)CC(N)=S. The molecule has 0 aromatic heterocycles. The number of thiocarbonyl (C=S) groups is 1. The lowest BCUT2D eigenvalue weighted by Crippen LogP contribution is -2.37. The molecule has 3 nitrogen and oxygen atoms in total. The van der Waals surface area contributed by atoms with Gasteiger partial charge in [0, 0.05) is 25.9 Å². The number of carbonyl (C=O) groups is 1. The summed E-state index contributed by atoms with van der Waals surface area (Å²) in [5, 5.41) is 0. The van der Waals surface area contributed by atoms with Crippen LogP contribution >= 0.6 is 12.2 Å². The maximum absolute atomic E-state index is 11.7. The third-order valence-electron chi connectivity index (χ3n) is 2.49. The predicted octanol–water partition coefficient (Wildman–Crippen LogP) is 1.95. The first kappa shape index (κ1) is 14.4. The minimum atomic E-state index is 0.0992. The first-order valence-corrected chi connectivity index (χ1v) is 5.79. The van der Waals surface area contributed by atoms with E-state index in [1.807, 2.05) is 14.0 Å². The van der Waals surface area contributed by atoms with Crippen LogP contribution in [0.25, 0.3) is 0 Å². The van der Waals surface area contributed by atoms with Gasteiger partial charge in [0.25, 0.3) is 0 Å². The number of amides is 1. The molecule has 0 aromatic rings. The number of carbonyl (C=O) groups excluding carboxylic acids is 1. The summed E-state index contributed by atoms with van der Waals surface area (Å²) < 4.78 is 0. The molecule has 0 radical (unpaired) electrons. The van der Waals surface area contributed by atoms with Gasteiger partial charge in [-0.1, -0.05) is 26.1 Å². The van der Waals surface area contributed by atoms with Crippen molar-refractivity contribution in [2.45, 2.75) is 46.1 Å². The molecule has 0 bridgehead atoms. The zero-order chi connectivity index (χ0) is 12.0. The summed E-state index contributed by atoms with van der Waals surface area (Å²) in [7, 11) is 1.81. The summed E-state index contributed by atoms with van der Waals surface area (Å²) in [6.07, 6.45) is 2.14. The Bertz CT molecular complexity index is 229. The number of hydrogen-bond acceptors (Lipinski definition) is 2. The standard InChI is InChI=1S/C11H22N2OS/c1-8(2)5-6-11(14)13(4)9(3)7-10(12)15/h8-9H,5-7H2,1-4H3,(H2,12,15). The Morgan fingerprint density at radius 2 is 1.93 bits per heavy atom. The minimum absolute atomic E-state index is 0.0992. The van der Waals surface area contributed by atoms with Crippen LogP contribution in [0.3, 0.4) is 0 Å². The zero-order valence-electron chi connectivity index (χ0n) is 10.1. The molecule has 0 spiro atoms. The predicted molar refractivity (Wildman–Crippen MR) is 67.7 cm³/mol. The highest BCUT2D eigenvalue weighted by Gasteiger charge is 2.16. The van der Waals surface area contributed by atoms with Crippen molar-refractivity contribution < 1.29 is 4.79 Å². The molecule has 0 fully saturated rings. The Labute approximate surface area is 98.0 Å². The van der Waals surface area contributed by atoms with Crippen molar-refractivity contribution in [3.63, 3.8) is 0 Å². The van der Waals surface area contributed by atoms with Crippen LogP contribution in [0.15, 0.2) is 0 Å². The van der Waals surface area contributed by atoms with Crippen molar-refractivity contribution in [2.24, 2.45) is 11.7 Å². The molecular formula is C11H22N2OS. The average Bonchev–Trinajstić information content (AvgIpc) is 2.11. The summed E-state index contributed by atoms with van der Waals surface area (Å²) in [5.41, 5.74) is 5.45. The second-order valence-corrected chi connectivity index (χ2v) is 4.98. The summed E-state index contributed by atoms with van der Waals surface area (Å²) in [6, 6.07) is 0.0992. The molecule has 0 aliphatic carbocycles. The first-order valence-electron chi connectivity index (χ1n) is 5.38. The van der Waals surface area contributed by atoms with Crippen molar-refractivity contribution in [1.29, 1.82) is 0 Å². The zero-order valence-corrected chi connectivity index (χ0v) is 10.9. The van der Waals surface area contributed by atoms with Gasteiger partial charge in [0.05, 0.1) is 4.99 Å². The van der Waals surface area contributed by atoms with Gasteiger partial charge in [0.1, 0.15) is 0 Å². The van der Waals surface area contributed by atoms with Crippen molar-refractivity contribution in [2.75, 3.05) is 7.05 Å². The minimum Gasteiger partial charge on any atom is -0.393 e. The van der Waals surface area contributed by atoms with Gasteiger partial charge >= 0.3 is 0 Å². The van der Waals surface area contributed by atoms with E-state index in [9.17, 15) is 4.79 Å². The Morgan fingerprint density at radius 1 is 1.40 bits per heavy atom. The van der Waals surface area contributed by atoms with Gasteiger partial charge in [-0.05, 0) is 19.3 Å². The molecule has 0 saturated heterocycles. The van der Waals surface area contributed by atoms with Crippen molar-refractivity contribution in [3.8, 4) is 0 Å². The average molecular weight is 230 g/mol. The molecule has 1 atom stereocenters. The van der Waals surface area contributed by atoms with Crippen LogP contribution in [0, 0.1) is 5.92 Å². The Kier molecular flexibility index (Phi) is 6.48. The fourth-order valence-corrected chi connectivity index (χ4v) is 1.50. The largest absolute Gasteiger partial charge is 0.393 e. The van der Waals surface area contributed by atoms with Gasteiger partial charge in [0.15, 0.2) is 0 Å². The fourth-order valence-electron chi connectivity index (χ4n) is 1.26. The molecule has 15 heavy (non-hydrogen) atoms. The van der Waals surface area contributed by atoms with E-state index >= 15 is 0 Å².